The SMILES string of the molecule is CNCC(C)C(=O)NC(C)(C)Cc1ccccc1C.Cl. The Kier molecular flexibility index (Phi) is 7.84. The lowest BCUT2D eigenvalue weighted by molar-refractivity contribution is -0.125. The van der Waals surface area contributed by atoms with Gasteiger partial charge in [-0.15, -0.1) is 12.4 Å². The number of carbonyl (C=O) groups excluding carboxylic acids is 1. The second-order valence-corrected chi connectivity index (χ2v) is 5.94. The zero-order valence-electron chi connectivity index (χ0n) is 13.1. The van der Waals surface area contributed by atoms with Gasteiger partial charge in [-0.25, -0.2) is 0 Å². The summed E-state index contributed by atoms with van der Waals surface area (Å²) in [7, 11) is 1.86. The third-order valence-electron chi connectivity index (χ3n) is 3.31. The van der Waals surface area contributed by atoms with Gasteiger partial charge in [0.15, 0.2) is 0 Å². The van der Waals surface area contributed by atoms with Gasteiger partial charge in [0.05, 0.1) is 0 Å². The van der Waals surface area contributed by atoms with Gasteiger partial charge in [-0.2, -0.15) is 0 Å². The maximum absolute atomic E-state index is 12.1. The summed E-state index contributed by atoms with van der Waals surface area (Å²) in [6.45, 7) is 8.89. The molecule has 1 unspecified atom stereocenters. The van der Waals surface area contributed by atoms with E-state index in [-0.39, 0.29) is 29.8 Å². The van der Waals surface area contributed by atoms with Crippen molar-refractivity contribution in [2.75, 3.05) is 13.6 Å². The van der Waals surface area contributed by atoms with Gasteiger partial charge in [0, 0.05) is 18.0 Å². The topological polar surface area (TPSA) is 41.1 Å². The highest BCUT2D eigenvalue weighted by molar-refractivity contribution is 5.85. The summed E-state index contributed by atoms with van der Waals surface area (Å²) < 4.78 is 0. The summed E-state index contributed by atoms with van der Waals surface area (Å²) in [6, 6.07) is 8.32. The molecule has 1 atom stereocenters. The zero-order chi connectivity index (χ0) is 14.5. The lowest BCUT2D eigenvalue weighted by atomic mass is 9.91. The quantitative estimate of drug-likeness (QED) is 0.848. The molecule has 0 bridgehead atoms. The molecule has 0 saturated heterocycles. The minimum absolute atomic E-state index is 0. The molecule has 0 saturated carbocycles. The Morgan fingerprint density at radius 1 is 1.30 bits per heavy atom. The predicted molar refractivity (Wildman–Crippen MR) is 87.4 cm³/mol. The molecule has 0 fully saturated rings. The normalized spacial score (nSPS) is 12.4. The van der Waals surface area contributed by atoms with Gasteiger partial charge in [-0.05, 0) is 45.4 Å². The number of halogens is 1. The van der Waals surface area contributed by atoms with Crippen molar-refractivity contribution < 1.29 is 4.79 Å². The first kappa shape index (κ1) is 18.9. The highest BCUT2D eigenvalue weighted by atomic mass is 35.5. The summed E-state index contributed by atoms with van der Waals surface area (Å²) in [5, 5.41) is 6.17. The van der Waals surface area contributed by atoms with Crippen LogP contribution in [-0.2, 0) is 11.2 Å². The van der Waals surface area contributed by atoms with E-state index in [1.54, 1.807) is 0 Å². The molecule has 0 heterocycles. The van der Waals surface area contributed by atoms with E-state index in [0.717, 1.165) is 6.42 Å². The van der Waals surface area contributed by atoms with Gasteiger partial charge in [0.1, 0.15) is 0 Å². The molecule has 1 rings (SSSR count). The Morgan fingerprint density at radius 2 is 1.90 bits per heavy atom. The molecule has 1 amide bonds. The maximum atomic E-state index is 12.1. The molecular weight excluding hydrogens is 272 g/mol. The molecule has 0 aliphatic carbocycles. The van der Waals surface area contributed by atoms with Crippen LogP contribution in [0.25, 0.3) is 0 Å². The number of hydrogen-bond acceptors (Lipinski definition) is 2. The number of nitrogens with one attached hydrogen (secondary N) is 2. The van der Waals surface area contributed by atoms with Gasteiger partial charge in [0.2, 0.25) is 5.91 Å². The second-order valence-electron chi connectivity index (χ2n) is 5.94. The second kappa shape index (κ2) is 8.28. The van der Waals surface area contributed by atoms with Gasteiger partial charge >= 0.3 is 0 Å². The third-order valence-corrected chi connectivity index (χ3v) is 3.31. The standard InChI is InChI=1S/C16H26N2O.ClH/c1-12-8-6-7-9-14(12)10-16(3,4)18-15(19)13(2)11-17-5;/h6-9,13,17H,10-11H2,1-5H3,(H,18,19);1H. The molecule has 114 valence electrons. The summed E-state index contributed by atoms with van der Waals surface area (Å²) in [6.07, 6.45) is 0.845. The fourth-order valence-corrected chi connectivity index (χ4v) is 2.18. The first-order valence-electron chi connectivity index (χ1n) is 6.87. The number of benzene rings is 1. The lowest BCUT2D eigenvalue weighted by Gasteiger charge is -2.28. The van der Waals surface area contributed by atoms with E-state index in [4.69, 9.17) is 0 Å². The van der Waals surface area contributed by atoms with Crippen LogP contribution in [0.2, 0.25) is 0 Å². The van der Waals surface area contributed by atoms with Crippen molar-refractivity contribution in [3.05, 3.63) is 35.4 Å². The van der Waals surface area contributed by atoms with Gasteiger partial charge in [0.25, 0.3) is 0 Å². The van der Waals surface area contributed by atoms with Crippen LogP contribution in [0.3, 0.4) is 0 Å². The first-order valence-corrected chi connectivity index (χ1v) is 6.87. The van der Waals surface area contributed by atoms with Crippen LogP contribution in [0.1, 0.15) is 31.9 Å². The predicted octanol–water partition coefficient (Wildman–Crippen LogP) is 2.71. The summed E-state index contributed by atoms with van der Waals surface area (Å²) in [5.74, 6) is 0.0917. The minimum atomic E-state index is -0.231. The van der Waals surface area contributed by atoms with Crippen LogP contribution in [0.5, 0.6) is 0 Å². The van der Waals surface area contributed by atoms with E-state index in [9.17, 15) is 4.79 Å². The number of rotatable bonds is 6. The van der Waals surface area contributed by atoms with Gasteiger partial charge in [-0.3, -0.25) is 4.79 Å². The van der Waals surface area contributed by atoms with Gasteiger partial charge < -0.3 is 10.6 Å². The summed E-state index contributed by atoms with van der Waals surface area (Å²) >= 11 is 0. The Bertz CT molecular complexity index is 432. The van der Waals surface area contributed by atoms with Gasteiger partial charge in [-0.1, -0.05) is 31.2 Å². The Labute approximate surface area is 128 Å². The molecule has 1 aromatic carbocycles. The fraction of sp³-hybridized carbons (Fsp3) is 0.562. The Hall–Kier alpha value is -1.06. The van der Waals surface area contributed by atoms with Crippen molar-refractivity contribution in [1.29, 1.82) is 0 Å². The molecule has 20 heavy (non-hydrogen) atoms. The van der Waals surface area contributed by atoms with Crippen molar-refractivity contribution in [1.82, 2.24) is 10.6 Å². The molecule has 0 radical (unpaired) electrons. The van der Waals surface area contributed by atoms with Crippen molar-refractivity contribution in [2.45, 2.75) is 39.7 Å². The van der Waals surface area contributed by atoms with Crippen LogP contribution in [0, 0.1) is 12.8 Å². The highest BCUT2D eigenvalue weighted by Gasteiger charge is 2.24. The van der Waals surface area contributed by atoms with Crippen LogP contribution in [-0.4, -0.2) is 25.0 Å². The zero-order valence-corrected chi connectivity index (χ0v) is 13.9. The van der Waals surface area contributed by atoms with Crippen molar-refractivity contribution in [3.63, 3.8) is 0 Å². The molecule has 3 nitrogen and oxygen atoms in total. The van der Waals surface area contributed by atoms with Crippen LogP contribution in [0.15, 0.2) is 24.3 Å². The number of carbonyl (C=O) groups is 1. The lowest BCUT2D eigenvalue weighted by Crippen LogP contribution is -2.48. The smallest absolute Gasteiger partial charge is 0.224 e. The van der Waals surface area contributed by atoms with E-state index >= 15 is 0 Å². The average molecular weight is 299 g/mol. The molecule has 0 spiro atoms. The van der Waals surface area contributed by atoms with E-state index in [1.165, 1.54) is 11.1 Å². The molecule has 2 N–H and O–H groups in total. The molecule has 1 aromatic rings. The number of hydrogen-bond donors (Lipinski definition) is 2. The molecular formula is C16H27ClN2O. The van der Waals surface area contributed by atoms with E-state index in [0.29, 0.717) is 6.54 Å². The largest absolute Gasteiger partial charge is 0.351 e. The van der Waals surface area contributed by atoms with Crippen LogP contribution in [0.4, 0.5) is 0 Å². The minimum Gasteiger partial charge on any atom is -0.351 e. The maximum Gasteiger partial charge on any atom is 0.224 e. The fourth-order valence-electron chi connectivity index (χ4n) is 2.18. The first-order chi connectivity index (χ1) is 8.85. The number of aryl methyl sites for hydroxylation is 1. The van der Waals surface area contributed by atoms with E-state index in [2.05, 4.69) is 43.5 Å². The van der Waals surface area contributed by atoms with E-state index in [1.807, 2.05) is 26.1 Å². The van der Waals surface area contributed by atoms with Crippen molar-refractivity contribution in [3.8, 4) is 0 Å². The summed E-state index contributed by atoms with van der Waals surface area (Å²) in [4.78, 5) is 12.1. The van der Waals surface area contributed by atoms with Crippen LogP contribution < -0.4 is 10.6 Å². The number of amides is 1. The Morgan fingerprint density at radius 3 is 2.45 bits per heavy atom. The summed E-state index contributed by atoms with van der Waals surface area (Å²) in [5.41, 5.74) is 2.33. The highest BCUT2D eigenvalue weighted by Crippen LogP contribution is 2.16. The Balaban J connectivity index is 0.00000361. The van der Waals surface area contributed by atoms with E-state index < -0.39 is 0 Å². The molecule has 4 heteroatoms. The molecule has 0 aliphatic rings. The molecule has 0 aliphatic heterocycles. The van der Waals surface area contributed by atoms with Crippen molar-refractivity contribution >= 4 is 18.3 Å². The average Bonchev–Trinajstić information content (AvgIpc) is 2.31. The van der Waals surface area contributed by atoms with Crippen molar-refractivity contribution in [2.24, 2.45) is 5.92 Å². The third kappa shape index (κ3) is 5.93. The molecule has 0 aromatic heterocycles. The van der Waals surface area contributed by atoms with Crippen LogP contribution >= 0.6 is 12.4 Å². The monoisotopic (exact) mass is 298 g/mol.